The number of nitrogens with one attached hydrogen (secondary N) is 1. The van der Waals surface area contributed by atoms with Crippen molar-refractivity contribution in [1.29, 1.82) is 0 Å². The maximum Gasteiger partial charge on any atom is 0.126 e. The molecule has 1 aromatic carbocycles. The van der Waals surface area contributed by atoms with E-state index in [1.165, 1.54) is 23.4 Å². The van der Waals surface area contributed by atoms with Crippen LogP contribution in [0.25, 0.3) is 10.6 Å². The van der Waals surface area contributed by atoms with E-state index in [-0.39, 0.29) is 5.82 Å². The van der Waals surface area contributed by atoms with Crippen molar-refractivity contribution in [1.82, 2.24) is 10.3 Å². The first-order chi connectivity index (χ1) is 10.2. The molecule has 1 atom stereocenters. The Kier molecular flexibility index (Phi) is 4.36. The predicted molar refractivity (Wildman–Crippen MR) is 86.5 cm³/mol. The van der Waals surface area contributed by atoms with Gasteiger partial charge in [0.15, 0.2) is 0 Å². The van der Waals surface area contributed by atoms with Crippen LogP contribution in [0.4, 0.5) is 4.39 Å². The van der Waals surface area contributed by atoms with E-state index >= 15 is 0 Å². The number of fused-ring (bicyclic) bond motifs is 1. The summed E-state index contributed by atoms with van der Waals surface area (Å²) in [6, 6.07) is 5.42. The molecule has 4 heteroatoms. The summed E-state index contributed by atoms with van der Waals surface area (Å²) >= 11 is 1.73. The second kappa shape index (κ2) is 6.24. The van der Waals surface area contributed by atoms with Crippen LogP contribution in [0.1, 0.15) is 41.8 Å². The molecule has 21 heavy (non-hydrogen) atoms. The molecule has 2 nitrogen and oxygen atoms in total. The Bertz CT molecular complexity index is 636. The Morgan fingerprint density at radius 1 is 1.43 bits per heavy atom. The maximum absolute atomic E-state index is 13.8. The molecule has 0 amide bonds. The van der Waals surface area contributed by atoms with Gasteiger partial charge < -0.3 is 5.32 Å². The number of aromatic nitrogens is 1. The zero-order chi connectivity index (χ0) is 14.8. The smallest absolute Gasteiger partial charge is 0.126 e. The lowest BCUT2D eigenvalue weighted by molar-refractivity contribution is 0.509. The largest absolute Gasteiger partial charge is 0.316 e. The quantitative estimate of drug-likeness (QED) is 0.911. The molecule has 2 aromatic rings. The summed E-state index contributed by atoms with van der Waals surface area (Å²) in [5, 5.41) is 4.39. The van der Waals surface area contributed by atoms with Gasteiger partial charge in [-0.15, -0.1) is 11.3 Å². The van der Waals surface area contributed by atoms with Crippen LogP contribution in [-0.2, 0) is 6.42 Å². The van der Waals surface area contributed by atoms with E-state index in [2.05, 4.69) is 12.2 Å². The number of thiazole rings is 1. The lowest BCUT2D eigenvalue weighted by Gasteiger charge is -2.21. The fourth-order valence-electron chi connectivity index (χ4n) is 2.87. The SMILES string of the molecule is CCNCC1CCCc2sc(-c3ccc(C)c(F)c3)nc21. The van der Waals surface area contributed by atoms with Crippen molar-refractivity contribution < 1.29 is 4.39 Å². The Labute approximate surface area is 129 Å². The van der Waals surface area contributed by atoms with Crippen LogP contribution >= 0.6 is 11.3 Å². The van der Waals surface area contributed by atoms with E-state index in [9.17, 15) is 4.39 Å². The molecule has 0 fully saturated rings. The van der Waals surface area contributed by atoms with Crippen molar-refractivity contribution in [3.63, 3.8) is 0 Å². The molecule has 1 aliphatic carbocycles. The number of halogens is 1. The highest BCUT2D eigenvalue weighted by Crippen LogP contribution is 2.38. The average Bonchev–Trinajstić information content (AvgIpc) is 2.92. The first-order valence-electron chi connectivity index (χ1n) is 7.66. The van der Waals surface area contributed by atoms with Gasteiger partial charge in [-0.1, -0.05) is 19.1 Å². The summed E-state index contributed by atoms with van der Waals surface area (Å²) in [5.41, 5.74) is 2.83. The molecule has 1 heterocycles. The number of aryl methyl sites for hydroxylation is 2. The molecule has 112 valence electrons. The van der Waals surface area contributed by atoms with Crippen LogP contribution in [-0.4, -0.2) is 18.1 Å². The molecule has 1 unspecified atom stereocenters. The summed E-state index contributed by atoms with van der Waals surface area (Å²) in [7, 11) is 0. The van der Waals surface area contributed by atoms with E-state index in [1.807, 2.05) is 12.1 Å². The van der Waals surface area contributed by atoms with Gasteiger partial charge in [0, 0.05) is 22.9 Å². The van der Waals surface area contributed by atoms with Gasteiger partial charge in [0.25, 0.3) is 0 Å². The van der Waals surface area contributed by atoms with Crippen LogP contribution in [0.15, 0.2) is 18.2 Å². The fourth-order valence-corrected chi connectivity index (χ4v) is 4.06. The van der Waals surface area contributed by atoms with E-state index in [4.69, 9.17) is 4.98 Å². The highest BCUT2D eigenvalue weighted by atomic mass is 32.1. The van der Waals surface area contributed by atoms with Gasteiger partial charge in [0.05, 0.1) is 5.69 Å². The standard InChI is InChI=1S/C17H21FN2S/c1-3-19-10-13-5-4-6-15-16(13)20-17(21-15)12-8-7-11(2)14(18)9-12/h7-9,13,19H,3-6,10H2,1-2H3. The number of nitrogens with zero attached hydrogens (tertiary/aromatic N) is 1. The third kappa shape index (κ3) is 3.01. The van der Waals surface area contributed by atoms with Gasteiger partial charge in [-0.05, 0) is 44.4 Å². The first-order valence-corrected chi connectivity index (χ1v) is 8.47. The van der Waals surface area contributed by atoms with Crippen LogP contribution in [0.5, 0.6) is 0 Å². The number of benzene rings is 1. The fraction of sp³-hybridized carbons (Fsp3) is 0.471. The zero-order valence-corrected chi connectivity index (χ0v) is 13.4. The molecule has 0 radical (unpaired) electrons. The van der Waals surface area contributed by atoms with Crippen LogP contribution in [0.3, 0.4) is 0 Å². The van der Waals surface area contributed by atoms with E-state index in [0.29, 0.717) is 11.5 Å². The molecule has 1 aliphatic rings. The molecule has 1 aromatic heterocycles. The molecule has 0 spiro atoms. The van der Waals surface area contributed by atoms with Crippen molar-refractivity contribution >= 4 is 11.3 Å². The molecule has 3 rings (SSSR count). The minimum Gasteiger partial charge on any atom is -0.316 e. The predicted octanol–water partition coefficient (Wildman–Crippen LogP) is 4.29. The lowest BCUT2D eigenvalue weighted by Crippen LogP contribution is -2.23. The number of hydrogen-bond acceptors (Lipinski definition) is 3. The van der Waals surface area contributed by atoms with Gasteiger partial charge in [0.1, 0.15) is 10.8 Å². The summed E-state index contributed by atoms with van der Waals surface area (Å²) in [5.74, 6) is 0.360. The van der Waals surface area contributed by atoms with Crippen molar-refractivity contribution in [2.45, 2.75) is 39.0 Å². The Morgan fingerprint density at radius 2 is 2.29 bits per heavy atom. The molecular formula is C17H21FN2S. The van der Waals surface area contributed by atoms with Gasteiger partial charge in [0.2, 0.25) is 0 Å². The van der Waals surface area contributed by atoms with Crippen LogP contribution in [0, 0.1) is 12.7 Å². The molecule has 0 saturated heterocycles. The Balaban J connectivity index is 1.91. The molecule has 1 N–H and O–H groups in total. The second-order valence-corrected chi connectivity index (χ2v) is 6.77. The highest BCUT2D eigenvalue weighted by Gasteiger charge is 2.24. The Morgan fingerprint density at radius 3 is 3.05 bits per heavy atom. The lowest BCUT2D eigenvalue weighted by atomic mass is 9.91. The van der Waals surface area contributed by atoms with Crippen LogP contribution in [0.2, 0.25) is 0 Å². The van der Waals surface area contributed by atoms with Crippen molar-refractivity contribution in [3.8, 4) is 10.6 Å². The van der Waals surface area contributed by atoms with Gasteiger partial charge in [-0.2, -0.15) is 0 Å². The molecule has 0 saturated carbocycles. The van der Waals surface area contributed by atoms with Crippen LogP contribution < -0.4 is 5.32 Å². The van der Waals surface area contributed by atoms with E-state index < -0.39 is 0 Å². The minimum absolute atomic E-state index is 0.148. The van der Waals surface area contributed by atoms with Crippen molar-refractivity contribution in [2.24, 2.45) is 0 Å². The zero-order valence-electron chi connectivity index (χ0n) is 12.6. The monoisotopic (exact) mass is 304 g/mol. The third-order valence-electron chi connectivity index (χ3n) is 4.13. The second-order valence-electron chi connectivity index (χ2n) is 5.69. The van der Waals surface area contributed by atoms with Crippen molar-refractivity contribution in [2.75, 3.05) is 13.1 Å². The van der Waals surface area contributed by atoms with Gasteiger partial charge in [-0.3, -0.25) is 0 Å². The highest BCUT2D eigenvalue weighted by molar-refractivity contribution is 7.15. The van der Waals surface area contributed by atoms with Crippen molar-refractivity contribution in [3.05, 3.63) is 40.2 Å². The maximum atomic E-state index is 13.8. The third-order valence-corrected chi connectivity index (χ3v) is 5.31. The Hall–Kier alpha value is -1.26. The van der Waals surface area contributed by atoms with Gasteiger partial charge in [-0.25, -0.2) is 9.37 Å². The molecular weight excluding hydrogens is 283 g/mol. The average molecular weight is 304 g/mol. The first kappa shape index (κ1) is 14.7. The normalized spacial score (nSPS) is 17.8. The number of likely N-dealkylation sites (N-methyl/N-ethyl adjacent to an activating group) is 1. The summed E-state index contributed by atoms with van der Waals surface area (Å²) < 4.78 is 13.8. The number of hydrogen-bond donors (Lipinski definition) is 1. The van der Waals surface area contributed by atoms with Gasteiger partial charge >= 0.3 is 0 Å². The topological polar surface area (TPSA) is 24.9 Å². The van der Waals surface area contributed by atoms with E-state index in [1.54, 1.807) is 24.3 Å². The summed E-state index contributed by atoms with van der Waals surface area (Å²) in [6.07, 6.45) is 3.54. The van der Waals surface area contributed by atoms with E-state index in [0.717, 1.165) is 30.1 Å². The number of rotatable bonds is 4. The minimum atomic E-state index is -0.148. The summed E-state index contributed by atoms with van der Waals surface area (Å²) in [4.78, 5) is 6.23. The molecule has 0 aliphatic heterocycles. The molecule has 0 bridgehead atoms. The summed E-state index contributed by atoms with van der Waals surface area (Å²) in [6.45, 7) is 5.91.